The van der Waals surface area contributed by atoms with Crippen LogP contribution in [0.5, 0.6) is 0 Å². The summed E-state index contributed by atoms with van der Waals surface area (Å²) >= 11 is 6.12. The number of hydrogen-bond acceptors (Lipinski definition) is 1. The molecule has 1 aliphatic rings. The van der Waals surface area contributed by atoms with E-state index >= 15 is 0 Å². The molecule has 0 radical (unpaired) electrons. The van der Waals surface area contributed by atoms with E-state index in [2.05, 4.69) is 6.07 Å². The van der Waals surface area contributed by atoms with Crippen molar-refractivity contribution in [3.63, 3.8) is 0 Å². The van der Waals surface area contributed by atoms with E-state index in [-0.39, 0.29) is 11.7 Å². The van der Waals surface area contributed by atoms with Gasteiger partial charge in [0.2, 0.25) is 0 Å². The molecule has 0 aliphatic heterocycles. The van der Waals surface area contributed by atoms with Crippen LogP contribution in [0.15, 0.2) is 42.5 Å². The van der Waals surface area contributed by atoms with Crippen molar-refractivity contribution < 1.29 is 9.50 Å². The number of aliphatic hydroxyl groups is 1. The van der Waals surface area contributed by atoms with Crippen LogP contribution in [0.25, 0.3) is 0 Å². The molecule has 0 heterocycles. The van der Waals surface area contributed by atoms with Crippen LogP contribution in [0.4, 0.5) is 4.39 Å². The number of aliphatic hydroxyl groups excluding tert-OH is 1. The standard InChI is InChI=1S/C18H18ClFO/c19-17-11-15(20)9-8-13(17)10-14-6-3-5-12-4-1-2-7-16(12)18(14)21/h1-2,4,7-9,11,14,18,21H,3,5-6,10H2. The van der Waals surface area contributed by atoms with E-state index in [0.717, 1.165) is 30.4 Å². The first kappa shape index (κ1) is 14.6. The van der Waals surface area contributed by atoms with Crippen LogP contribution in [0.3, 0.4) is 0 Å². The van der Waals surface area contributed by atoms with Gasteiger partial charge in [-0.3, -0.25) is 0 Å². The normalized spacial score (nSPS) is 21.7. The molecule has 0 saturated heterocycles. The zero-order valence-electron chi connectivity index (χ0n) is 11.7. The third-order valence-electron chi connectivity index (χ3n) is 4.34. The number of aryl methyl sites for hydroxylation is 1. The van der Waals surface area contributed by atoms with Crippen LogP contribution in [0, 0.1) is 11.7 Å². The van der Waals surface area contributed by atoms with Crippen molar-refractivity contribution in [2.75, 3.05) is 0 Å². The molecule has 2 aromatic carbocycles. The smallest absolute Gasteiger partial charge is 0.124 e. The predicted octanol–water partition coefficient (Wildman–Crippen LogP) is 4.71. The van der Waals surface area contributed by atoms with Crippen molar-refractivity contribution >= 4 is 11.6 Å². The van der Waals surface area contributed by atoms with Crippen LogP contribution in [0.2, 0.25) is 5.02 Å². The van der Waals surface area contributed by atoms with Crippen molar-refractivity contribution in [2.24, 2.45) is 5.92 Å². The number of rotatable bonds is 2. The van der Waals surface area contributed by atoms with Gasteiger partial charge in [-0.15, -0.1) is 0 Å². The molecule has 110 valence electrons. The summed E-state index contributed by atoms with van der Waals surface area (Å²) in [6.07, 6.45) is 3.20. The Morgan fingerprint density at radius 2 is 2.00 bits per heavy atom. The highest BCUT2D eigenvalue weighted by atomic mass is 35.5. The maximum atomic E-state index is 13.1. The number of hydrogen-bond donors (Lipinski definition) is 1. The second-order valence-electron chi connectivity index (χ2n) is 5.74. The molecule has 21 heavy (non-hydrogen) atoms. The first-order valence-corrected chi connectivity index (χ1v) is 7.73. The van der Waals surface area contributed by atoms with Gasteiger partial charge in [0.05, 0.1) is 6.10 Å². The van der Waals surface area contributed by atoms with Crippen molar-refractivity contribution in [1.82, 2.24) is 0 Å². The molecule has 0 spiro atoms. The number of benzene rings is 2. The Balaban J connectivity index is 1.86. The van der Waals surface area contributed by atoms with Crippen molar-refractivity contribution in [3.8, 4) is 0 Å². The van der Waals surface area contributed by atoms with Gasteiger partial charge in [0.1, 0.15) is 5.82 Å². The second kappa shape index (κ2) is 6.17. The van der Waals surface area contributed by atoms with E-state index in [9.17, 15) is 9.50 Å². The Morgan fingerprint density at radius 3 is 2.81 bits per heavy atom. The van der Waals surface area contributed by atoms with Gasteiger partial charge in [0, 0.05) is 5.02 Å². The molecule has 2 aromatic rings. The highest BCUT2D eigenvalue weighted by Gasteiger charge is 2.26. The first-order valence-electron chi connectivity index (χ1n) is 7.35. The maximum Gasteiger partial charge on any atom is 0.124 e. The average molecular weight is 305 g/mol. The van der Waals surface area contributed by atoms with Gasteiger partial charge < -0.3 is 5.11 Å². The second-order valence-corrected chi connectivity index (χ2v) is 6.14. The molecule has 0 saturated carbocycles. The molecule has 1 nitrogen and oxygen atoms in total. The van der Waals surface area contributed by atoms with E-state index in [0.29, 0.717) is 11.4 Å². The van der Waals surface area contributed by atoms with Crippen LogP contribution in [0.1, 0.15) is 35.6 Å². The zero-order chi connectivity index (χ0) is 14.8. The fourth-order valence-electron chi connectivity index (χ4n) is 3.20. The van der Waals surface area contributed by atoms with E-state index in [4.69, 9.17) is 11.6 Å². The fourth-order valence-corrected chi connectivity index (χ4v) is 3.44. The van der Waals surface area contributed by atoms with Gasteiger partial charge in [-0.1, -0.05) is 41.9 Å². The van der Waals surface area contributed by atoms with Gasteiger partial charge in [-0.25, -0.2) is 4.39 Å². The Labute approximate surface area is 129 Å². The summed E-state index contributed by atoms with van der Waals surface area (Å²) in [7, 11) is 0. The molecule has 0 fully saturated rings. The largest absolute Gasteiger partial charge is 0.388 e. The van der Waals surface area contributed by atoms with Crippen molar-refractivity contribution in [1.29, 1.82) is 0 Å². The minimum Gasteiger partial charge on any atom is -0.388 e. The van der Waals surface area contributed by atoms with E-state index in [1.165, 1.54) is 17.7 Å². The SMILES string of the molecule is OC1c2ccccc2CCCC1Cc1ccc(F)cc1Cl. The molecular weight excluding hydrogens is 287 g/mol. The lowest BCUT2D eigenvalue weighted by molar-refractivity contribution is 0.105. The van der Waals surface area contributed by atoms with Gasteiger partial charge in [0.25, 0.3) is 0 Å². The zero-order valence-corrected chi connectivity index (χ0v) is 12.5. The van der Waals surface area contributed by atoms with Gasteiger partial charge >= 0.3 is 0 Å². The maximum absolute atomic E-state index is 13.1. The molecular formula is C18H18ClFO. The van der Waals surface area contributed by atoms with Crippen LogP contribution in [-0.2, 0) is 12.8 Å². The molecule has 3 rings (SSSR count). The topological polar surface area (TPSA) is 20.2 Å². The molecule has 3 heteroatoms. The van der Waals surface area contributed by atoms with E-state index < -0.39 is 6.10 Å². The summed E-state index contributed by atoms with van der Waals surface area (Å²) in [4.78, 5) is 0. The minimum atomic E-state index is -0.482. The van der Waals surface area contributed by atoms with Gasteiger partial charge in [-0.05, 0) is 60.4 Å². The van der Waals surface area contributed by atoms with Crippen LogP contribution >= 0.6 is 11.6 Å². The Morgan fingerprint density at radius 1 is 1.19 bits per heavy atom. The molecule has 2 unspecified atom stereocenters. The molecule has 1 N–H and O–H groups in total. The summed E-state index contributed by atoms with van der Waals surface area (Å²) in [5.74, 6) is -0.202. The third kappa shape index (κ3) is 3.12. The highest BCUT2D eigenvalue weighted by Crippen LogP contribution is 2.36. The fraction of sp³-hybridized carbons (Fsp3) is 0.333. The minimum absolute atomic E-state index is 0.122. The first-order chi connectivity index (χ1) is 10.1. The van der Waals surface area contributed by atoms with Crippen LogP contribution in [-0.4, -0.2) is 5.11 Å². The van der Waals surface area contributed by atoms with E-state index in [1.54, 1.807) is 6.07 Å². The summed E-state index contributed by atoms with van der Waals surface area (Å²) in [6, 6.07) is 12.6. The molecule has 1 aliphatic carbocycles. The quantitative estimate of drug-likeness (QED) is 0.797. The lowest BCUT2D eigenvalue weighted by Crippen LogP contribution is -2.15. The van der Waals surface area contributed by atoms with Gasteiger partial charge in [0.15, 0.2) is 0 Å². The number of fused-ring (bicyclic) bond motifs is 1. The van der Waals surface area contributed by atoms with Crippen molar-refractivity contribution in [2.45, 2.75) is 31.8 Å². The van der Waals surface area contributed by atoms with E-state index in [1.807, 2.05) is 18.2 Å². The summed E-state index contributed by atoms with van der Waals surface area (Å²) < 4.78 is 13.1. The Kier molecular flexibility index (Phi) is 4.27. The highest BCUT2D eigenvalue weighted by molar-refractivity contribution is 6.31. The molecule has 0 amide bonds. The summed E-state index contributed by atoms with van der Waals surface area (Å²) in [5, 5.41) is 11.1. The van der Waals surface area contributed by atoms with Crippen LogP contribution < -0.4 is 0 Å². The Bertz CT molecular complexity index is 641. The third-order valence-corrected chi connectivity index (χ3v) is 4.69. The average Bonchev–Trinajstić information content (AvgIpc) is 2.63. The molecule has 2 atom stereocenters. The lowest BCUT2D eigenvalue weighted by Gasteiger charge is -2.22. The Hall–Kier alpha value is -1.38. The summed E-state index contributed by atoms with van der Waals surface area (Å²) in [5.41, 5.74) is 3.16. The molecule has 0 bridgehead atoms. The van der Waals surface area contributed by atoms with Crippen molar-refractivity contribution in [3.05, 3.63) is 70.0 Å². The summed E-state index contributed by atoms with van der Waals surface area (Å²) in [6.45, 7) is 0. The lowest BCUT2D eigenvalue weighted by atomic mass is 9.88. The predicted molar refractivity (Wildman–Crippen MR) is 82.9 cm³/mol. The molecule has 0 aromatic heterocycles. The monoisotopic (exact) mass is 304 g/mol. The number of halogens is 2. The van der Waals surface area contributed by atoms with Gasteiger partial charge in [-0.2, -0.15) is 0 Å².